The molecule has 2 aromatic rings. The topological polar surface area (TPSA) is 90.6 Å². The zero-order valence-electron chi connectivity index (χ0n) is 16.5. The number of hydrogen-bond acceptors (Lipinski definition) is 5. The van der Waals surface area contributed by atoms with Crippen LogP contribution in [0.15, 0.2) is 52.2 Å². The Morgan fingerprint density at radius 1 is 1.07 bits per heavy atom. The molecule has 0 saturated carbocycles. The normalized spacial score (nSPS) is 14.6. The summed E-state index contributed by atoms with van der Waals surface area (Å²) in [5, 5.41) is 0. The highest BCUT2D eigenvalue weighted by Crippen LogP contribution is 2.18. The van der Waals surface area contributed by atoms with Crippen LogP contribution in [0.1, 0.15) is 25.3 Å². The quantitative estimate of drug-likeness (QED) is 0.672. The molecular formula is C21H25N3O5. The molecule has 154 valence electrons. The summed E-state index contributed by atoms with van der Waals surface area (Å²) in [4.78, 5) is 51.0. The number of piperidine rings is 1. The van der Waals surface area contributed by atoms with Gasteiger partial charge in [0.15, 0.2) is 0 Å². The lowest BCUT2D eigenvalue weighted by Crippen LogP contribution is -2.46. The average molecular weight is 399 g/mol. The third kappa shape index (κ3) is 5.01. The number of hydrogen-bond donors (Lipinski definition) is 0. The zero-order valence-corrected chi connectivity index (χ0v) is 16.5. The molecule has 1 aliphatic rings. The molecule has 1 fully saturated rings. The van der Waals surface area contributed by atoms with Crippen LogP contribution >= 0.6 is 0 Å². The van der Waals surface area contributed by atoms with Gasteiger partial charge in [0.2, 0.25) is 5.91 Å². The second-order valence-corrected chi connectivity index (χ2v) is 7.04. The first kappa shape index (κ1) is 20.6. The number of amides is 1. The monoisotopic (exact) mass is 399 g/mol. The van der Waals surface area contributed by atoms with E-state index in [2.05, 4.69) is 0 Å². The Kier molecular flexibility index (Phi) is 6.64. The van der Waals surface area contributed by atoms with E-state index in [9.17, 15) is 19.2 Å². The van der Waals surface area contributed by atoms with Gasteiger partial charge in [-0.2, -0.15) is 0 Å². The minimum absolute atomic E-state index is 0.207. The zero-order chi connectivity index (χ0) is 20.8. The molecule has 1 amide bonds. The summed E-state index contributed by atoms with van der Waals surface area (Å²) < 4.78 is 7.41. The molecule has 1 aromatic heterocycles. The highest BCUT2D eigenvalue weighted by Gasteiger charge is 2.28. The van der Waals surface area contributed by atoms with E-state index in [1.165, 1.54) is 16.8 Å². The van der Waals surface area contributed by atoms with Gasteiger partial charge >= 0.3 is 11.7 Å². The SMILES string of the molecule is CCOC(=O)C1CCN(C(=O)Cn2c(=O)ccn(Cc3ccccc3)c2=O)CC1. The number of esters is 1. The number of nitrogens with zero attached hydrogens (tertiary/aromatic N) is 3. The van der Waals surface area contributed by atoms with Gasteiger partial charge in [-0.3, -0.25) is 23.5 Å². The number of benzene rings is 1. The number of rotatable bonds is 6. The van der Waals surface area contributed by atoms with Crippen molar-refractivity contribution in [3.8, 4) is 0 Å². The summed E-state index contributed by atoms with van der Waals surface area (Å²) in [7, 11) is 0. The van der Waals surface area contributed by atoms with Crippen LogP contribution in [0.4, 0.5) is 0 Å². The van der Waals surface area contributed by atoms with Crippen molar-refractivity contribution in [2.45, 2.75) is 32.9 Å². The smallest absolute Gasteiger partial charge is 0.331 e. The first-order chi connectivity index (χ1) is 14.0. The van der Waals surface area contributed by atoms with Gasteiger partial charge in [-0.05, 0) is 25.3 Å². The third-order valence-corrected chi connectivity index (χ3v) is 5.10. The molecule has 8 nitrogen and oxygen atoms in total. The van der Waals surface area contributed by atoms with E-state index < -0.39 is 11.2 Å². The summed E-state index contributed by atoms with van der Waals surface area (Å²) >= 11 is 0. The van der Waals surface area contributed by atoms with Crippen molar-refractivity contribution >= 4 is 11.9 Å². The molecule has 0 N–H and O–H groups in total. The van der Waals surface area contributed by atoms with E-state index in [1.54, 1.807) is 11.8 Å². The Labute approximate surface area is 168 Å². The summed E-state index contributed by atoms with van der Waals surface area (Å²) in [6.45, 7) is 2.92. The number of ether oxygens (including phenoxy) is 1. The number of carbonyl (C=O) groups excluding carboxylic acids is 2. The van der Waals surface area contributed by atoms with Crippen LogP contribution in [0.5, 0.6) is 0 Å². The molecule has 1 aliphatic heterocycles. The maximum absolute atomic E-state index is 12.7. The number of aromatic nitrogens is 2. The molecule has 3 rings (SSSR count). The molecule has 0 spiro atoms. The average Bonchev–Trinajstić information content (AvgIpc) is 2.74. The molecule has 8 heteroatoms. The molecule has 0 bridgehead atoms. The van der Waals surface area contributed by atoms with Crippen molar-refractivity contribution < 1.29 is 14.3 Å². The highest BCUT2D eigenvalue weighted by atomic mass is 16.5. The fourth-order valence-corrected chi connectivity index (χ4v) is 3.46. The lowest BCUT2D eigenvalue weighted by atomic mass is 9.97. The van der Waals surface area contributed by atoms with Crippen LogP contribution < -0.4 is 11.2 Å². The molecule has 0 radical (unpaired) electrons. The first-order valence-corrected chi connectivity index (χ1v) is 9.78. The molecular weight excluding hydrogens is 374 g/mol. The van der Waals surface area contributed by atoms with Crippen LogP contribution in [0.3, 0.4) is 0 Å². The second kappa shape index (κ2) is 9.36. The summed E-state index contributed by atoms with van der Waals surface area (Å²) in [6, 6.07) is 10.7. The van der Waals surface area contributed by atoms with Gasteiger partial charge in [0, 0.05) is 25.4 Å². The van der Waals surface area contributed by atoms with Crippen LogP contribution in [0.25, 0.3) is 0 Å². The molecule has 0 atom stereocenters. The standard InChI is InChI=1S/C21H25N3O5/c1-2-29-20(27)17-8-11-22(12-9-17)19(26)15-24-18(25)10-13-23(21(24)28)14-16-6-4-3-5-7-16/h3-7,10,13,17H,2,8-9,11-12,14-15H2,1H3. The largest absolute Gasteiger partial charge is 0.466 e. The van der Waals surface area contributed by atoms with Crippen molar-refractivity contribution in [1.82, 2.24) is 14.0 Å². The van der Waals surface area contributed by atoms with Gasteiger partial charge in [-0.25, -0.2) is 4.79 Å². The van der Waals surface area contributed by atoms with Crippen molar-refractivity contribution in [2.24, 2.45) is 5.92 Å². The molecule has 0 aliphatic carbocycles. The lowest BCUT2D eigenvalue weighted by molar-refractivity contribution is -0.151. The fourth-order valence-electron chi connectivity index (χ4n) is 3.46. The summed E-state index contributed by atoms with van der Waals surface area (Å²) in [6.07, 6.45) is 2.49. The number of carbonyl (C=O) groups is 2. The van der Waals surface area contributed by atoms with Crippen molar-refractivity contribution in [2.75, 3.05) is 19.7 Å². The Balaban J connectivity index is 1.68. The minimum atomic E-state index is -0.517. The van der Waals surface area contributed by atoms with E-state index in [4.69, 9.17) is 4.74 Å². The van der Waals surface area contributed by atoms with Crippen LogP contribution in [-0.4, -0.2) is 45.6 Å². The van der Waals surface area contributed by atoms with Gasteiger partial charge in [0.25, 0.3) is 5.56 Å². The molecule has 0 unspecified atom stereocenters. The van der Waals surface area contributed by atoms with E-state index in [0.717, 1.165) is 10.1 Å². The van der Waals surface area contributed by atoms with Crippen LogP contribution in [-0.2, 0) is 27.4 Å². The van der Waals surface area contributed by atoms with Gasteiger partial charge in [0.1, 0.15) is 6.54 Å². The van der Waals surface area contributed by atoms with Crippen LogP contribution in [0.2, 0.25) is 0 Å². The van der Waals surface area contributed by atoms with Crippen LogP contribution in [0, 0.1) is 5.92 Å². The minimum Gasteiger partial charge on any atom is -0.466 e. The molecule has 1 saturated heterocycles. The summed E-state index contributed by atoms with van der Waals surface area (Å²) in [5.74, 6) is -0.742. The second-order valence-electron chi connectivity index (χ2n) is 7.04. The first-order valence-electron chi connectivity index (χ1n) is 9.78. The Morgan fingerprint density at radius 3 is 2.41 bits per heavy atom. The van der Waals surface area contributed by atoms with E-state index >= 15 is 0 Å². The fraction of sp³-hybridized carbons (Fsp3) is 0.429. The predicted molar refractivity (Wildman–Crippen MR) is 106 cm³/mol. The van der Waals surface area contributed by atoms with Gasteiger partial charge in [0.05, 0.1) is 19.1 Å². The maximum atomic E-state index is 12.7. The predicted octanol–water partition coefficient (Wildman–Crippen LogP) is 0.860. The summed E-state index contributed by atoms with van der Waals surface area (Å²) in [5.41, 5.74) is -0.0997. The Bertz CT molecular complexity index is 972. The molecule has 2 heterocycles. The van der Waals surface area contributed by atoms with E-state index in [-0.39, 0.29) is 24.3 Å². The van der Waals surface area contributed by atoms with E-state index in [1.807, 2.05) is 30.3 Å². The Hall–Kier alpha value is -3.16. The van der Waals surface area contributed by atoms with Crippen molar-refractivity contribution in [3.63, 3.8) is 0 Å². The number of likely N-dealkylation sites (tertiary alicyclic amines) is 1. The van der Waals surface area contributed by atoms with Crippen molar-refractivity contribution in [3.05, 3.63) is 69.0 Å². The third-order valence-electron chi connectivity index (χ3n) is 5.10. The Morgan fingerprint density at radius 2 is 1.76 bits per heavy atom. The maximum Gasteiger partial charge on any atom is 0.331 e. The highest BCUT2D eigenvalue weighted by molar-refractivity contribution is 5.77. The molecule has 1 aromatic carbocycles. The van der Waals surface area contributed by atoms with E-state index in [0.29, 0.717) is 39.1 Å². The van der Waals surface area contributed by atoms with Gasteiger partial charge < -0.3 is 9.64 Å². The lowest BCUT2D eigenvalue weighted by Gasteiger charge is -2.31. The van der Waals surface area contributed by atoms with Crippen molar-refractivity contribution in [1.29, 1.82) is 0 Å². The van der Waals surface area contributed by atoms with Gasteiger partial charge in [-0.1, -0.05) is 30.3 Å². The molecule has 29 heavy (non-hydrogen) atoms. The van der Waals surface area contributed by atoms with Gasteiger partial charge in [-0.15, -0.1) is 0 Å².